The first kappa shape index (κ1) is 21.0. The number of anilines is 1. The van der Waals surface area contributed by atoms with Crippen molar-refractivity contribution in [3.05, 3.63) is 93.4 Å². The molecule has 0 saturated carbocycles. The summed E-state index contributed by atoms with van der Waals surface area (Å²) in [6.45, 7) is 7.52. The highest BCUT2D eigenvalue weighted by molar-refractivity contribution is 7.71. The van der Waals surface area contributed by atoms with Crippen LogP contribution in [0, 0.1) is 11.6 Å². The van der Waals surface area contributed by atoms with Crippen LogP contribution in [0.1, 0.15) is 29.9 Å². The molecule has 0 radical (unpaired) electrons. The standard InChI is InChI=1S/C27H26N2OS2/c1-18-10-12-20(13-11-18)29-26(31)24-22-16-21(30-4)14-15-23(22)28(27(2,3)25(24)32-29)17-19-8-6-5-7-9-19/h5-16H,17H2,1-4H3. The van der Waals surface area contributed by atoms with E-state index in [-0.39, 0.29) is 5.54 Å². The highest BCUT2D eigenvalue weighted by Gasteiger charge is 2.40. The summed E-state index contributed by atoms with van der Waals surface area (Å²) in [7, 11) is 1.71. The van der Waals surface area contributed by atoms with Gasteiger partial charge in [0.15, 0.2) is 0 Å². The number of ether oxygens (including phenoxy) is 1. The molecule has 0 saturated heterocycles. The molecule has 3 nitrogen and oxygen atoms in total. The molecule has 0 unspecified atom stereocenters. The molecule has 2 heterocycles. The third kappa shape index (κ3) is 3.37. The third-order valence-corrected chi connectivity index (χ3v) is 8.22. The first-order valence-electron chi connectivity index (χ1n) is 10.7. The number of hydrogen-bond acceptors (Lipinski definition) is 4. The van der Waals surface area contributed by atoms with E-state index in [1.165, 1.54) is 21.7 Å². The van der Waals surface area contributed by atoms with Gasteiger partial charge in [-0.3, -0.25) is 3.96 Å². The van der Waals surface area contributed by atoms with Crippen molar-refractivity contribution in [1.82, 2.24) is 3.96 Å². The van der Waals surface area contributed by atoms with Gasteiger partial charge in [-0.1, -0.05) is 71.8 Å². The molecule has 32 heavy (non-hydrogen) atoms. The Morgan fingerprint density at radius 2 is 1.69 bits per heavy atom. The predicted octanol–water partition coefficient (Wildman–Crippen LogP) is 7.51. The Kier molecular flexibility index (Phi) is 5.19. The van der Waals surface area contributed by atoms with Crippen molar-refractivity contribution in [3.63, 3.8) is 0 Å². The zero-order valence-corrected chi connectivity index (χ0v) is 20.4. The lowest BCUT2D eigenvalue weighted by molar-refractivity contribution is 0.414. The van der Waals surface area contributed by atoms with Crippen LogP contribution in [-0.2, 0) is 12.1 Å². The van der Waals surface area contributed by atoms with Gasteiger partial charge in [0.25, 0.3) is 0 Å². The van der Waals surface area contributed by atoms with Gasteiger partial charge in [-0.05, 0) is 56.7 Å². The molecule has 0 amide bonds. The van der Waals surface area contributed by atoms with Gasteiger partial charge >= 0.3 is 0 Å². The van der Waals surface area contributed by atoms with Gasteiger partial charge in [-0.15, -0.1) is 0 Å². The molecular formula is C27H26N2OS2. The molecular weight excluding hydrogens is 432 g/mol. The number of nitrogens with zero attached hydrogens (tertiary/aromatic N) is 2. The maximum atomic E-state index is 6.07. The van der Waals surface area contributed by atoms with E-state index < -0.39 is 0 Å². The first-order chi connectivity index (χ1) is 15.4. The molecule has 1 aliphatic rings. The SMILES string of the molecule is COc1ccc2c(c1)-c1c(sn(-c3ccc(C)cc3)c1=S)C(C)(C)N2Cc1ccccc1. The van der Waals surface area contributed by atoms with Crippen LogP contribution in [0.2, 0.25) is 0 Å². The quantitative estimate of drug-likeness (QED) is 0.295. The van der Waals surface area contributed by atoms with E-state index in [2.05, 4.69) is 96.4 Å². The third-order valence-electron chi connectivity index (χ3n) is 6.25. The lowest BCUT2D eigenvalue weighted by atomic mass is 9.86. The molecule has 1 aromatic heterocycles. The Morgan fingerprint density at radius 3 is 2.38 bits per heavy atom. The van der Waals surface area contributed by atoms with Gasteiger partial charge in [-0.25, -0.2) is 0 Å². The number of aromatic nitrogens is 1. The number of rotatable bonds is 4. The van der Waals surface area contributed by atoms with Crippen LogP contribution in [0.15, 0.2) is 72.8 Å². The smallest absolute Gasteiger partial charge is 0.129 e. The van der Waals surface area contributed by atoms with Gasteiger partial charge in [0.1, 0.15) is 10.4 Å². The summed E-state index contributed by atoms with van der Waals surface area (Å²) < 4.78 is 8.64. The maximum Gasteiger partial charge on any atom is 0.129 e. The summed E-state index contributed by atoms with van der Waals surface area (Å²) in [4.78, 5) is 3.77. The molecule has 0 N–H and O–H groups in total. The molecule has 0 fully saturated rings. The molecule has 1 aliphatic heterocycles. The lowest BCUT2D eigenvalue weighted by Gasteiger charge is -2.44. The molecule has 0 aliphatic carbocycles. The van der Waals surface area contributed by atoms with Crippen LogP contribution < -0.4 is 9.64 Å². The molecule has 4 aromatic rings. The molecule has 3 aromatic carbocycles. The fourth-order valence-electron chi connectivity index (χ4n) is 4.43. The summed E-state index contributed by atoms with van der Waals surface area (Å²) in [5, 5.41) is 0. The van der Waals surface area contributed by atoms with Crippen LogP contribution in [0.25, 0.3) is 16.8 Å². The molecule has 5 rings (SSSR count). The average Bonchev–Trinajstić information content (AvgIpc) is 3.16. The summed E-state index contributed by atoms with van der Waals surface area (Å²) >= 11 is 7.82. The Balaban J connectivity index is 1.74. The van der Waals surface area contributed by atoms with E-state index in [1.807, 2.05) is 6.07 Å². The number of fused-ring (bicyclic) bond motifs is 3. The lowest BCUT2D eigenvalue weighted by Crippen LogP contribution is -2.43. The Morgan fingerprint density at radius 1 is 0.969 bits per heavy atom. The van der Waals surface area contributed by atoms with E-state index in [0.29, 0.717) is 0 Å². The summed E-state index contributed by atoms with van der Waals surface area (Å²) in [5.74, 6) is 0.844. The second-order valence-electron chi connectivity index (χ2n) is 8.74. The van der Waals surface area contributed by atoms with Gasteiger partial charge in [0.05, 0.1) is 23.2 Å². The normalized spacial score (nSPS) is 14.1. The van der Waals surface area contributed by atoms with E-state index in [1.54, 1.807) is 18.6 Å². The highest BCUT2D eigenvalue weighted by Crippen LogP contribution is 2.52. The fourth-order valence-corrected chi connectivity index (χ4v) is 6.14. The van der Waals surface area contributed by atoms with Gasteiger partial charge in [0.2, 0.25) is 0 Å². The first-order valence-corrected chi connectivity index (χ1v) is 11.9. The van der Waals surface area contributed by atoms with Crippen molar-refractivity contribution in [2.75, 3.05) is 12.0 Å². The number of hydrogen-bond donors (Lipinski definition) is 0. The van der Waals surface area contributed by atoms with Crippen molar-refractivity contribution in [3.8, 4) is 22.6 Å². The molecule has 5 heteroatoms. The Bertz CT molecular complexity index is 1330. The van der Waals surface area contributed by atoms with Gasteiger partial charge in [0, 0.05) is 23.4 Å². The number of benzene rings is 3. The fraction of sp³-hybridized carbons (Fsp3) is 0.222. The summed E-state index contributed by atoms with van der Waals surface area (Å²) in [6, 6.07) is 25.6. The largest absolute Gasteiger partial charge is 0.497 e. The van der Waals surface area contributed by atoms with Crippen molar-refractivity contribution < 1.29 is 4.74 Å². The van der Waals surface area contributed by atoms with Crippen LogP contribution in [0.4, 0.5) is 5.69 Å². The molecule has 0 spiro atoms. The average molecular weight is 459 g/mol. The van der Waals surface area contributed by atoms with E-state index in [9.17, 15) is 0 Å². The van der Waals surface area contributed by atoms with Gasteiger partial charge in [-0.2, -0.15) is 0 Å². The van der Waals surface area contributed by atoms with Gasteiger partial charge < -0.3 is 9.64 Å². The van der Waals surface area contributed by atoms with E-state index >= 15 is 0 Å². The second-order valence-corrected chi connectivity index (χ2v) is 10.1. The second kappa shape index (κ2) is 7.91. The Labute approximate surface area is 198 Å². The zero-order valence-electron chi connectivity index (χ0n) is 18.8. The summed E-state index contributed by atoms with van der Waals surface area (Å²) in [6.07, 6.45) is 0. The van der Waals surface area contributed by atoms with Crippen molar-refractivity contribution in [1.29, 1.82) is 0 Å². The van der Waals surface area contributed by atoms with Crippen LogP contribution in [0.5, 0.6) is 5.75 Å². The zero-order chi connectivity index (χ0) is 22.5. The van der Waals surface area contributed by atoms with Crippen molar-refractivity contribution in [2.45, 2.75) is 32.9 Å². The van der Waals surface area contributed by atoms with Crippen LogP contribution in [-0.4, -0.2) is 11.1 Å². The van der Waals surface area contributed by atoms with Crippen LogP contribution >= 0.6 is 23.8 Å². The maximum absolute atomic E-state index is 6.07. The minimum atomic E-state index is -0.221. The minimum absolute atomic E-state index is 0.221. The predicted molar refractivity (Wildman–Crippen MR) is 137 cm³/mol. The van der Waals surface area contributed by atoms with E-state index in [4.69, 9.17) is 17.0 Å². The van der Waals surface area contributed by atoms with Crippen LogP contribution in [0.3, 0.4) is 0 Å². The molecule has 0 atom stereocenters. The Hall–Kier alpha value is -2.89. The number of methoxy groups -OCH3 is 1. The monoisotopic (exact) mass is 458 g/mol. The summed E-state index contributed by atoms with van der Waals surface area (Å²) in [5.41, 5.74) is 6.89. The number of aryl methyl sites for hydroxylation is 1. The highest BCUT2D eigenvalue weighted by atomic mass is 32.1. The van der Waals surface area contributed by atoms with Crippen molar-refractivity contribution in [2.24, 2.45) is 0 Å². The van der Waals surface area contributed by atoms with Crippen molar-refractivity contribution >= 4 is 29.4 Å². The minimum Gasteiger partial charge on any atom is -0.497 e. The molecule has 162 valence electrons. The van der Waals surface area contributed by atoms with E-state index in [0.717, 1.165) is 33.7 Å². The topological polar surface area (TPSA) is 17.4 Å². The molecule has 0 bridgehead atoms.